The van der Waals surface area contributed by atoms with Crippen molar-refractivity contribution in [1.82, 2.24) is 10.3 Å². The molecule has 1 unspecified atom stereocenters. The van der Waals surface area contributed by atoms with E-state index in [1.54, 1.807) is 17.6 Å². The number of hydrogen-bond acceptors (Lipinski definition) is 4. The zero-order valence-electron chi connectivity index (χ0n) is 12.7. The van der Waals surface area contributed by atoms with E-state index < -0.39 is 0 Å². The molecule has 0 spiro atoms. The van der Waals surface area contributed by atoms with Crippen LogP contribution in [0.2, 0.25) is 0 Å². The first-order valence-corrected chi connectivity index (χ1v) is 8.49. The van der Waals surface area contributed by atoms with Crippen LogP contribution in [0.4, 0.5) is 0 Å². The largest absolute Gasteiger partial charge is 0.495 e. The van der Waals surface area contributed by atoms with Crippen LogP contribution in [-0.4, -0.2) is 18.6 Å². The highest BCUT2D eigenvalue weighted by Gasteiger charge is 2.23. The van der Waals surface area contributed by atoms with Crippen LogP contribution in [0, 0.1) is 0 Å². The van der Waals surface area contributed by atoms with E-state index in [-0.39, 0.29) is 6.04 Å². The normalized spacial score (nSPS) is 15.5. The molecule has 2 aromatic rings. The van der Waals surface area contributed by atoms with Gasteiger partial charge >= 0.3 is 0 Å². The summed E-state index contributed by atoms with van der Waals surface area (Å²) in [4.78, 5) is 7.50. The Kier molecular flexibility index (Phi) is 4.56. The van der Waals surface area contributed by atoms with Crippen molar-refractivity contribution in [2.75, 3.05) is 13.7 Å². The predicted octanol–water partition coefficient (Wildman–Crippen LogP) is 3.73. The van der Waals surface area contributed by atoms with E-state index in [9.17, 15) is 0 Å². The molecule has 1 N–H and O–H groups in total. The maximum Gasteiger partial charge on any atom is 0.142 e. The van der Waals surface area contributed by atoms with Gasteiger partial charge in [-0.1, -0.05) is 6.92 Å². The molecule has 2 aromatic heterocycles. The topological polar surface area (TPSA) is 34.2 Å². The average Bonchev–Trinajstić information content (AvgIpc) is 2.96. The molecule has 1 atom stereocenters. The lowest BCUT2D eigenvalue weighted by molar-refractivity contribution is 0.401. The molecule has 1 aliphatic rings. The molecule has 0 radical (unpaired) electrons. The first-order chi connectivity index (χ1) is 10.3. The van der Waals surface area contributed by atoms with Gasteiger partial charge < -0.3 is 10.1 Å². The van der Waals surface area contributed by atoms with E-state index in [0.717, 1.165) is 18.0 Å². The number of pyridine rings is 1. The smallest absolute Gasteiger partial charge is 0.142 e. The maximum absolute atomic E-state index is 5.50. The maximum atomic E-state index is 5.50. The lowest BCUT2D eigenvalue weighted by atomic mass is 9.98. The van der Waals surface area contributed by atoms with Gasteiger partial charge in [0.05, 0.1) is 13.2 Å². The zero-order valence-corrected chi connectivity index (χ0v) is 13.5. The van der Waals surface area contributed by atoms with E-state index in [2.05, 4.69) is 23.3 Å². The molecule has 0 saturated heterocycles. The molecule has 4 heteroatoms. The quantitative estimate of drug-likeness (QED) is 0.914. The summed E-state index contributed by atoms with van der Waals surface area (Å²) < 4.78 is 5.50. The fourth-order valence-electron chi connectivity index (χ4n) is 2.98. The Morgan fingerprint density at radius 2 is 2.24 bits per heavy atom. The highest BCUT2D eigenvalue weighted by molar-refractivity contribution is 7.12. The standard InChI is InChI=1S/C17H22N2OS/c1-3-18-17(16-13(20-2)8-6-10-19-16)15-11-12-7-4-5-9-14(12)21-15/h6,8,10-11,17-18H,3-5,7,9H2,1-2H3. The van der Waals surface area contributed by atoms with Gasteiger partial charge in [0.1, 0.15) is 11.4 Å². The molecule has 0 aliphatic heterocycles. The Morgan fingerprint density at radius 1 is 1.38 bits per heavy atom. The van der Waals surface area contributed by atoms with Gasteiger partial charge in [-0.15, -0.1) is 11.3 Å². The summed E-state index contributed by atoms with van der Waals surface area (Å²) in [5, 5.41) is 3.57. The molecule has 112 valence electrons. The number of aromatic nitrogens is 1. The highest BCUT2D eigenvalue weighted by atomic mass is 32.1. The highest BCUT2D eigenvalue weighted by Crippen LogP contribution is 2.36. The van der Waals surface area contributed by atoms with Crippen molar-refractivity contribution in [2.45, 2.75) is 38.6 Å². The van der Waals surface area contributed by atoms with E-state index in [4.69, 9.17) is 4.74 Å². The summed E-state index contributed by atoms with van der Waals surface area (Å²) in [5.41, 5.74) is 2.53. The molecule has 0 bridgehead atoms. The van der Waals surface area contributed by atoms with Crippen molar-refractivity contribution < 1.29 is 4.74 Å². The molecule has 0 aromatic carbocycles. The van der Waals surface area contributed by atoms with E-state index in [0.29, 0.717) is 0 Å². The van der Waals surface area contributed by atoms with E-state index in [1.807, 2.05) is 29.7 Å². The van der Waals surface area contributed by atoms with Gasteiger partial charge in [-0.3, -0.25) is 4.98 Å². The fourth-order valence-corrected chi connectivity index (χ4v) is 4.32. The van der Waals surface area contributed by atoms with Crippen LogP contribution >= 0.6 is 11.3 Å². The Labute approximate surface area is 130 Å². The van der Waals surface area contributed by atoms with Crippen LogP contribution in [0.15, 0.2) is 24.4 Å². The molecule has 21 heavy (non-hydrogen) atoms. The number of nitrogens with zero attached hydrogens (tertiary/aromatic N) is 1. The van der Waals surface area contributed by atoms with Crippen molar-refractivity contribution in [2.24, 2.45) is 0 Å². The molecule has 0 saturated carbocycles. The summed E-state index contributed by atoms with van der Waals surface area (Å²) in [5.74, 6) is 0.856. The Balaban J connectivity index is 1.99. The predicted molar refractivity (Wildman–Crippen MR) is 87.3 cm³/mol. The van der Waals surface area contributed by atoms with Gasteiger partial charge in [0, 0.05) is 16.0 Å². The minimum atomic E-state index is 0.127. The lowest BCUT2D eigenvalue weighted by Crippen LogP contribution is -2.22. The number of rotatable bonds is 5. The van der Waals surface area contributed by atoms with Gasteiger partial charge in [0.25, 0.3) is 0 Å². The average molecular weight is 302 g/mol. The first-order valence-electron chi connectivity index (χ1n) is 7.67. The van der Waals surface area contributed by atoms with Crippen LogP contribution in [-0.2, 0) is 12.8 Å². The molecule has 3 nitrogen and oxygen atoms in total. The van der Waals surface area contributed by atoms with Crippen LogP contribution in [0.3, 0.4) is 0 Å². The number of nitrogens with one attached hydrogen (secondary N) is 1. The Bertz CT molecular complexity index is 585. The minimum Gasteiger partial charge on any atom is -0.495 e. The molecular formula is C17H22N2OS. The number of aryl methyl sites for hydroxylation is 2. The first kappa shape index (κ1) is 14.5. The number of hydrogen-bond donors (Lipinski definition) is 1. The number of fused-ring (bicyclic) bond motifs is 1. The van der Waals surface area contributed by atoms with Crippen molar-refractivity contribution in [1.29, 1.82) is 0 Å². The third kappa shape index (κ3) is 2.97. The molecular weight excluding hydrogens is 280 g/mol. The molecule has 3 rings (SSSR count). The summed E-state index contributed by atoms with van der Waals surface area (Å²) >= 11 is 1.94. The molecule has 0 fully saturated rings. The summed E-state index contributed by atoms with van der Waals surface area (Å²) in [6, 6.07) is 6.41. The van der Waals surface area contributed by atoms with Crippen LogP contribution in [0.5, 0.6) is 5.75 Å². The van der Waals surface area contributed by atoms with Gasteiger partial charge in [-0.05, 0) is 56.0 Å². The second kappa shape index (κ2) is 6.58. The van der Waals surface area contributed by atoms with Crippen molar-refractivity contribution in [3.63, 3.8) is 0 Å². The SMILES string of the molecule is CCNC(c1cc2c(s1)CCCC2)c1ncccc1OC. The summed E-state index contributed by atoms with van der Waals surface area (Å²) in [6.45, 7) is 3.04. The van der Waals surface area contributed by atoms with Crippen molar-refractivity contribution in [3.05, 3.63) is 45.4 Å². The van der Waals surface area contributed by atoms with Crippen LogP contribution < -0.4 is 10.1 Å². The van der Waals surface area contributed by atoms with Crippen molar-refractivity contribution >= 4 is 11.3 Å². The second-order valence-corrected chi connectivity index (χ2v) is 6.55. The monoisotopic (exact) mass is 302 g/mol. The lowest BCUT2D eigenvalue weighted by Gasteiger charge is -2.18. The number of thiophene rings is 1. The van der Waals surface area contributed by atoms with Gasteiger partial charge in [0.15, 0.2) is 0 Å². The zero-order chi connectivity index (χ0) is 14.7. The minimum absolute atomic E-state index is 0.127. The second-order valence-electron chi connectivity index (χ2n) is 5.39. The third-order valence-electron chi connectivity index (χ3n) is 4.00. The number of methoxy groups -OCH3 is 1. The molecule has 1 aliphatic carbocycles. The fraction of sp³-hybridized carbons (Fsp3) is 0.471. The van der Waals surface area contributed by atoms with Gasteiger partial charge in [-0.25, -0.2) is 0 Å². The van der Waals surface area contributed by atoms with Gasteiger partial charge in [-0.2, -0.15) is 0 Å². The summed E-state index contributed by atoms with van der Waals surface area (Å²) in [6.07, 6.45) is 6.95. The van der Waals surface area contributed by atoms with Crippen LogP contribution in [0.25, 0.3) is 0 Å². The van der Waals surface area contributed by atoms with E-state index >= 15 is 0 Å². The van der Waals surface area contributed by atoms with Crippen LogP contribution in [0.1, 0.15) is 46.8 Å². The number of ether oxygens (including phenoxy) is 1. The Morgan fingerprint density at radius 3 is 3.00 bits per heavy atom. The third-order valence-corrected chi connectivity index (χ3v) is 5.30. The summed E-state index contributed by atoms with van der Waals surface area (Å²) in [7, 11) is 1.71. The van der Waals surface area contributed by atoms with Crippen molar-refractivity contribution in [3.8, 4) is 5.75 Å². The molecule has 2 heterocycles. The van der Waals surface area contributed by atoms with E-state index in [1.165, 1.54) is 30.6 Å². The Hall–Kier alpha value is -1.39. The molecule has 0 amide bonds. The van der Waals surface area contributed by atoms with Gasteiger partial charge in [0.2, 0.25) is 0 Å².